The molecule has 110 valence electrons. The third-order valence-electron chi connectivity index (χ3n) is 2.51. The van der Waals surface area contributed by atoms with Gasteiger partial charge in [-0.3, -0.25) is 20.4 Å². The number of hydrogen-bond donors (Lipinski definition) is 2. The summed E-state index contributed by atoms with van der Waals surface area (Å²) in [4.78, 5) is 24.2. The van der Waals surface area contributed by atoms with Gasteiger partial charge in [-0.2, -0.15) is 0 Å². The monoisotopic (exact) mass is 388 g/mol. The summed E-state index contributed by atoms with van der Waals surface area (Å²) < 4.78 is 5.80. The summed E-state index contributed by atoms with van der Waals surface area (Å²) in [6.07, 6.45) is 0. The van der Waals surface area contributed by atoms with Gasteiger partial charge in [-0.15, -0.1) is 11.3 Å². The SMILES string of the molecule is COc1c(Br)csc1C(=O)NNC(=O)c1ccc(Cl)cc1. The van der Waals surface area contributed by atoms with Crippen LogP contribution in [0.2, 0.25) is 5.02 Å². The van der Waals surface area contributed by atoms with E-state index in [9.17, 15) is 9.59 Å². The highest BCUT2D eigenvalue weighted by Gasteiger charge is 2.18. The van der Waals surface area contributed by atoms with Crippen molar-refractivity contribution >= 4 is 50.7 Å². The Hall–Kier alpha value is -1.57. The first-order valence-electron chi connectivity index (χ1n) is 5.70. The minimum absolute atomic E-state index is 0.362. The van der Waals surface area contributed by atoms with Crippen molar-refractivity contribution < 1.29 is 14.3 Å². The average molecular weight is 390 g/mol. The molecule has 0 saturated carbocycles. The molecule has 0 unspecified atom stereocenters. The second kappa shape index (κ2) is 6.93. The van der Waals surface area contributed by atoms with Crippen LogP contribution in [0.15, 0.2) is 34.1 Å². The van der Waals surface area contributed by atoms with E-state index in [1.807, 2.05) is 0 Å². The van der Waals surface area contributed by atoms with Crippen LogP contribution in [0.3, 0.4) is 0 Å². The number of rotatable bonds is 3. The van der Waals surface area contributed by atoms with Gasteiger partial charge in [-0.25, -0.2) is 0 Å². The van der Waals surface area contributed by atoms with Crippen molar-refractivity contribution in [3.8, 4) is 5.75 Å². The van der Waals surface area contributed by atoms with Gasteiger partial charge in [-0.1, -0.05) is 11.6 Å². The number of benzene rings is 1. The Morgan fingerprint density at radius 2 is 1.81 bits per heavy atom. The Labute approximate surface area is 138 Å². The number of ether oxygens (including phenoxy) is 1. The molecule has 0 aliphatic heterocycles. The molecule has 0 radical (unpaired) electrons. The first kappa shape index (κ1) is 15.8. The third kappa shape index (κ3) is 3.75. The highest BCUT2D eigenvalue weighted by Crippen LogP contribution is 2.34. The van der Waals surface area contributed by atoms with E-state index in [4.69, 9.17) is 16.3 Å². The number of nitrogens with one attached hydrogen (secondary N) is 2. The topological polar surface area (TPSA) is 67.4 Å². The molecule has 1 heterocycles. The smallest absolute Gasteiger partial charge is 0.283 e. The zero-order valence-electron chi connectivity index (χ0n) is 10.8. The Balaban J connectivity index is 2.00. The lowest BCUT2D eigenvalue weighted by molar-refractivity contribution is 0.0847. The van der Waals surface area contributed by atoms with Gasteiger partial charge in [0.05, 0.1) is 11.6 Å². The lowest BCUT2D eigenvalue weighted by Gasteiger charge is -2.07. The molecule has 2 N–H and O–H groups in total. The lowest BCUT2D eigenvalue weighted by atomic mass is 10.2. The Morgan fingerprint density at radius 1 is 1.19 bits per heavy atom. The van der Waals surface area contributed by atoms with Gasteiger partial charge in [0.2, 0.25) is 0 Å². The maximum Gasteiger partial charge on any atom is 0.283 e. The van der Waals surface area contributed by atoms with Gasteiger partial charge >= 0.3 is 0 Å². The summed E-state index contributed by atoms with van der Waals surface area (Å²) >= 11 is 10.2. The standard InChI is InChI=1S/C13H10BrClN2O3S/c1-20-10-9(14)6-21-11(10)13(19)17-16-12(18)7-2-4-8(15)5-3-7/h2-6H,1H3,(H,16,18)(H,17,19). The van der Waals surface area contributed by atoms with E-state index < -0.39 is 11.8 Å². The van der Waals surface area contributed by atoms with Gasteiger partial charge in [0, 0.05) is 16.0 Å². The second-order valence-electron chi connectivity index (χ2n) is 3.86. The van der Waals surface area contributed by atoms with Crippen molar-refractivity contribution in [1.82, 2.24) is 10.9 Å². The van der Waals surface area contributed by atoms with Crippen LogP contribution in [0.1, 0.15) is 20.0 Å². The fourth-order valence-electron chi connectivity index (χ4n) is 1.52. The first-order chi connectivity index (χ1) is 10.0. The predicted octanol–water partition coefficient (Wildman–Crippen LogP) is 3.25. The van der Waals surface area contributed by atoms with E-state index in [0.29, 0.717) is 25.7 Å². The van der Waals surface area contributed by atoms with Gasteiger partial charge < -0.3 is 4.74 Å². The van der Waals surface area contributed by atoms with E-state index in [1.165, 1.54) is 18.4 Å². The molecule has 2 amide bonds. The Morgan fingerprint density at radius 3 is 2.43 bits per heavy atom. The number of hydrazine groups is 1. The fourth-order valence-corrected chi connectivity index (χ4v) is 3.20. The lowest BCUT2D eigenvalue weighted by Crippen LogP contribution is -2.41. The molecule has 0 spiro atoms. The number of halogens is 2. The minimum Gasteiger partial charge on any atom is -0.494 e. The van der Waals surface area contributed by atoms with Crippen LogP contribution in [0.4, 0.5) is 0 Å². The molecule has 0 aliphatic carbocycles. The number of amides is 2. The second-order valence-corrected chi connectivity index (χ2v) is 6.03. The maximum absolute atomic E-state index is 12.0. The largest absolute Gasteiger partial charge is 0.494 e. The molecule has 8 heteroatoms. The summed E-state index contributed by atoms with van der Waals surface area (Å²) in [7, 11) is 1.47. The van der Waals surface area contributed by atoms with Crippen molar-refractivity contribution in [3.05, 3.63) is 49.6 Å². The van der Waals surface area contributed by atoms with E-state index in [2.05, 4.69) is 26.8 Å². The van der Waals surface area contributed by atoms with E-state index >= 15 is 0 Å². The van der Waals surface area contributed by atoms with Crippen LogP contribution in [0.25, 0.3) is 0 Å². The van der Waals surface area contributed by atoms with Gasteiger partial charge in [0.15, 0.2) is 5.75 Å². The zero-order chi connectivity index (χ0) is 15.4. The molecule has 5 nitrogen and oxygen atoms in total. The Bertz CT molecular complexity index is 673. The first-order valence-corrected chi connectivity index (χ1v) is 7.75. The summed E-state index contributed by atoms with van der Waals surface area (Å²) in [6, 6.07) is 6.31. The van der Waals surface area contributed by atoms with Crippen LogP contribution in [-0.2, 0) is 0 Å². The molecular formula is C13H10BrClN2O3S. The third-order valence-corrected chi connectivity index (χ3v) is 4.61. The molecule has 1 aromatic carbocycles. The molecule has 2 aromatic rings. The molecular weight excluding hydrogens is 380 g/mol. The van der Waals surface area contributed by atoms with Gasteiger partial charge in [0.25, 0.3) is 11.8 Å². The van der Waals surface area contributed by atoms with Crippen molar-refractivity contribution in [2.45, 2.75) is 0 Å². The fraction of sp³-hybridized carbons (Fsp3) is 0.0769. The highest BCUT2D eigenvalue weighted by molar-refractivity contribution is 9.10. The van der Waals surface area contributed by atoms with Crippen LogP contribution < -0.4 is 15.6 Å². The van der Waals surface area contributed by atoms with Gasteiger partial charge in [0.1, 0.15) is 4.88 Å². The van der Waals surface area contributed by atoms with Crippen LogP contribution in [0, 0.1) is 0 Å². The summed E-state index contributed by atoms with van der Waals surface area (Å²) in [6.45, 7) is 0. The van der Waals surface area contributed by atoms with Crippen molar-refractivity contribution in [1.29, 1.82) is 0 Å². The molecule has 0 atom stereocenters. The molecule has 21 heavy (non-hydrogen) atoms. The summed E-state index contributed by atoms with van der Waals surface area (Å²) in [5, 5.41) is 2.26. The molecule has 1 aromatic heterocycles. The molecule has 2 rings (SSSR count). The molecule has 0 aliphatic rings. The zero-order valence-corrected chi connectivity index (χ0v) is 13.9. The van der Waals surface area contributed by atoms with Crippen molar-refractivity contribution in [3.63, 3.8) is 0 Å². The van der Waals surface area contributed by atoms with E-state index in [1.54, 1.807) is 29.6 Å². The number of thiophene rings is 1. The average Bonchev–Trinajstić information content (AvgIpc) is 2.86. The van der Waals surface area contributed by atoms with Crippen molar-refractivity contribution in [2.24, 2.45) is 0 Å². The maximum atomic E-state index is 12.0. The number of carbonyl (C=O) groups excluding carboxylic acids is 2. The van der Waals surface area contributed by atoms with Crippen LogP contribution >= 0.6 is 38.9 Å². The predicted molar refractivity (Wildman–Crippen MR) is 85.0 cm³/mol. The molecule has 0 fully saturated rings. The normalized spacial score (nSPS) is 10.0. The molecule has 0 bridgehead atoms. The quantitative estimate of drug-likeness (QED) is 0.792. The number of methoxy groups -OCH3 is 1. The van der Waals surface area contributed by atoms with E-state index in [-0.39, 0.29) is 0 Å². The Kier molecular flexibility index (Phi) is 5.22. The van der Waals surface area contributed by atoms with Crippen LogP contribution in [-0.4, -0.2) is 18.9 Å². The highest BCUT2D eigenvalue weighted by atomic mass is 79.9. The summed E-state index contributed by atoms with van der Waals surface area (Å²) in [5.41, 5.74) is 5.06. The molecule has 0 saturated heterocycles. The minimum atomic E-state index is -0.454. The number of carbonyl (C=O) groups is 2. The van der Waals surface area contributed by atoms with Crippen molar-refractivity contribution in [2.75, 3.05) is 7.11 Å². The van der Waals surface area contributed by atoms with Crippen LogP contribution in [0.5, 0.6) is 5.75 Å². The van der Waals surface area contributed by atoms with Gasteiger partial charge in [-0.05, 0) is 40.2 Å². The van der Waals surface area contributed by atoms with E-state index in [0.717, 1.165) is 0 Å². The summed E-state index contributed by atoms with van der Waals surface area (Å²) in [5.74, 6) is -0.460. The number of hydrogen-bond acceptors (Lipinski definition) is 4.